The number of H-pyrrole nitrogens is 1. The van der Waals surface area contributed by atoms with Crippen molar-refractivity contribution in [2.75, 3.05) is 13.1 Å². The second kappa shape index (κ2) is 8.47. The maximum Gasteiger partial charge on any atom is 0.270 e. The number of hydrogen-bond donors (Lipinski definition) is 2. The number of aromatic nitrogens is 1. The Morgan fingerprint density at radius 2 is 1.86 bits per heavy atom. The number of likely N-dealkylation sites (tertiary alicyclic amines) is 1. The van der Waals surface area contributed by atoms with Gasteiger partial charge in [0.1, 0.15) is 11.5 Å². The Morgan fingerprint density at radius 1 is 1.07 bits per heavy atom. The van der Waals surface area contributed by atoms with Crippen LogP contribution in [-0.4, -0.2) is 34.8 Å². The Kier molecular flexibility index (Phi) is 5.60. The summed E-state index contributed by atoms with van der Waals surface area (Å²) >= 11 is 0. The molecule has 2 amide bonds. The third-order valence-corrected chi connectivity index (χ3v) is 5.51. The van der Waals surface area contributed by atoms with E-state index in [1.807, 2.05) is 35.2 Å². The second-order valence-electron chi connectivity index (χ2n) is 7.62. The van der Waals surface area contributed by atoms with E-state index in [-0.39, 0.29) is 23.5 Å². The number of hydrogen-bond acceptors (Lipinski definition) is 2. The van der Waals surface area contributed by atoms with Crippen LogP contribution in [0.4, 0.5) is 4.39 Å². The Morgan fingerprint density at radius 3 is 2.62 bits per heavy atom. The van der Waals surface area contributed by atoms with Gasteiger partial charge in [-0.1, -0.05) is 30.3 Å². The standard InChI is InChI=1S/C23H24FN3O2/c24-19-6-3-4-17(12-19)15-25-22(28)13-16-8-10-27(11-9-16)23(29)21-14-18-5-1-2-7-20(18)26-21/h1-7,12,14,16,26H,8-11,13,15H2,(H,25,28). The van der Waals surface area contributed by atoms with E-state index in [1.165, 1.54) is 12.1 Å². The maximum absolute atomic E-state index is 13.2. The zero-order valence-electron chi connectivity index (χ0n) is 16.2. The lowest BCUT2D eigenvalue weighted by Crippen LogP contribution is -2.39. The molecule has 2 heterocycles. The van der Waals surface area contributed by atoms with Gasteiger partial charge < -0.3 is 15.2 Å². The van der Waals surface area contributed by atoms with E-state index in [2.05, 4.69) is 10.3 Å². The van der Waals surface area contributed by atoms with Gasteiger partial charge in [0, 0.05) is 37.0 Å². The van der Waals surface area contributed by atoms with E-state index in [9.17, 15) is 14.0 Å². The number of fused-ring (bicyclic) bond motifs is 1. The highest BCUT2D eigenvalue weighted by molar-refractivity contribution is 5.98. The van der Waals surface area contributed by atoms with Crippen LogP contribution in [0.15, 0.2) is 54.6 Å². The summed E-state index contributed by atoms with van der Waals surface area (Å²) in [5.74, 6) is -0.0668. The number of carbonyl (C=O) groups is 2. The van der Waals surface area contributed by atoms with Crippen LogP contribution in [0.25, 0.3) is 10.9 Å². The molecule has 1 saturated heterocycles. The molecule has 0 unspecified atom stereocenters. The number of benzene rings is 2. The summed E-state index contributed by atoms with van der Waals surface area (Å²) < 4.78 is 13.2. The molecule has 2 N–H and O–H groups in total. The molecule has 0 aliphatic carbocycles. The Balaban J connectivity index is 1.25. The lowest BCUT2D eigenvalue weighted by atomic mass is 9.93. The summed E-state index contributed by atoms with van der Waals surface area (Å²) in [6.07, 6.45) is 2.04. The van der Waals surface area contributed by atoms with Gasteiger partial charge >= 0.3 is 0 Å². The largest absolute Gasteiger partial charge is 0.352 e. The Hall–Kier alpha value is -3.15. The van der Waals surface area contributed by atoms with Crippen molar-refractivity contribution in [2.45, 2.75) is 25.8 Å². The van der Waals surface area contributed by atoms with E-state index in [0.717, 1.165) is 29.3 Å². The number of para-hydroxylation sites is 1. The number of nitrogens with one attached hydrogen (secondary N) is 2. The number of amides is 2. The zero-order chi connectivity index (χ0) is 20.2. The molecule has 6 heteroatoms. The molecule has 4 rings (SSSR count). The van der Waals surface area contributed by atoms with Crippen LogP contribution in [0.5, 0.6) is 0 Å². The fourth-order valence-electron chi connectivity index (χ4n) is 3.88. The zero-order valence-corrected chi connectivity index (χ0v) is 16.2. The normalized spacial score (nSPS) is 14.9. The molecule has 0 saturated carbocycles. The van der Waals surface area contributed by atoms with Crippen LogP contribution in [-0.2, 0) is 11.3 Å². The van der Waals surface area contributed by atoms with E-state index < -0.39 is 0 Å². The molecule has 0 bridgehead atoms. The molecule has 1 fully saturated rings. The van der Waals surface area contributed by atoms with E-state index in [1.54, 1.807) is 12.1 Å². The van der Waals surface area contributed by atoms with E-state index >= 15 is 0 Å². The number of aromatic amines is 1. The molecular weight excluding hydrogens is 369 g/mol. The topological polar surface area (TPSA) is 65.2 Å². The summed E-state index contributed by atoms with van der Waals surface area (Å²) in [6.45, 7) is 1.63. The van der Waals surface area contributed by atoms with E-state index in [4.69, 9.17) is 0 Å². The lowest BCUT2D eigenvalue weighted by Gasteiger charge is -2.31. The summed E-state index contributed by atoms with van der Waals surface area (Å²) in [6, 6.07) is 16.0. The van der Waals surface area contributed by atoms with Crippen molar-refractivity contribution in [3.63, 3.8) is 0 Å². The van der Waals surface area contributed by atoms with Crippen molar-refractivity contribution in [3.8, 4) is 0 Å². The summed E-state index contributed by atoms with van der Waals surface area (Å²) in [7, 11) is 0. The van der Waals surface area contributed by atoms with Crippen LogP contribution in [0, 0.1) is 11.7 Å². The van der Waals surface area contributed by atoms with Crippen molar-refractivity contribution in [1.82, 2.24) is 15.2 Å². The van der Waals surface area contributed by atoms with Gasteiger partial charge in [-0.05, 0) is 48.6 Å². The fraction of sp³-hybridized carbons (Fsp3) is 0.304. The van der Waals surface area contributed by atoms with Crippen molar-refractivity contribution in [1.29, 1.82) is 0 Å². The van der Waals surface area contributed by atoms with Gasteiger partial charge in [0.15, 0.2) is 0 Å². The molecular formula is C23H24FN3O2. The Bertz CT molecular complexity index is 989. The highest BCUT2D eigenvalue weighted by Gasteiger charge is 2.25. The van der Waals surface area contributed by atoms with Crippen molar-refractivity contribution in [2.24, 2.45) is 5.92 Å². The smallest absolute Gasteiger partial charge is 0.270 e. The second-order valence-corrected chi connectivity index (χ2v) is 7.62. The average Bonchev–Trinajstić information content (AvgIpc) is 3.17. The van der Waals surface area contributed by atoms with Gasteiger partial charge in [0.2, 0.25) is 5.91 Å². The maximum atomic E-state index is 13.2. The van der Waals surface area contributed by atoms with Gasteiger partial charge in [-0.15, -0.1) is 0 Å². The Labute approximate surface area is 168 Å². The molecule has 5 nitrogen and oxygen atoms in total. The molecule has 3 aromatic rings. The van der Waals surface area contributed by atoms with Crippen LogP contribution < -0.4 is 5.32 Å². The van der Waals surface area contributed by atoms with Gasteiger partial charge in [-0.2, -0.15) is 0 Å². The molecule has 1 aromatic heterocycles. The van der Waals surface area contributed by atoms with Crippen LogP contribution in [0.2, 0.25) is 0 Å². The first-order valence-electron chi connectivity index (χ1n) is 9.96. The van der Waals surface area contributed by atoms with Crippen LogP contribution >= 0.6 is 0 Å². The quantitative estimate of drug-likeness (QED) is 0.691. The number of carbonyl (C=O) groups excluding carboxylic acids is 2. The first-order valence-corrected chi connectivity index (χ1v) is 9.96. The molecule has 0 spiro atoms. The summed E-state index contributed by atoms with van der Waals surface area (Å²) in [4.78, 5) is 30.0. The van der Waals surface area contributed by atoms with Gasteiger partial charge in [0.05, 0.1) is 0 Å². The first kappa shape index (κ1) is 19.2. The fourth-order valence-corrected chi connectivity index (χ4v) is 3.88. The predicted molar refractivity (Wildman–Crippen MR) is 110 cm³/mol. The molecule has 0 atom stereocenters. The van der Waals surface area contributed by atoms with Crippen LogP contribution in [0.1, 0.15) is 35.3 Å². The highest BCUT2D eigenvalue weighted by atomic mass is 19.1. The minimum absolute atomic E-state index is 0.00945. The minimum Gasteiger partial charge on any atom is -0.352 e. The van der Waals surface area contributed by atoms with Gasteiger partial charge in [0.25, 0.3) is 5.91 Å². The molecule has 150 valence electrons. The number of rotatable bonds is 5. The average molecular weight is 393 g/mol. The first-order chi connectivity index (χ1) is 14.1. The summed E-state index contributed by atoms with van der Waals surface area (Å²) in [5, 5.41) is 3.89. The van der Waals surface area contributed by atoms with E-state index in [0.29, 0.717) is 31.7 Å². The molecule has 1 aliphatic heterocycles. The van der Waals surface area contributed by atoms with Crippen LogP contribution in [0.3, 0.4) is 0 Å². The minimum atomic E-state index is -0.302. The lowest BCUT2D eigenvalue weighted by molar-refractivity contribution is -0.122. The molecule has 29 heavy (non-hydrogen) atoms. The van der Waals surface area contributed by atoms with Gasteiger partial charge in [-0.3, -0.25) is 9.59 Å². The third-order valence-electron chi connectivity index (χ3n) is 5.51. The molecule has 0 radical (unpaired) electrons. The third kappa shape index (κ3) is 4.65. The number of nitrogens with zero attached hydrogens (tertiary/aromatic N) is 1. The predicted octanol–water partition coefficient (Wildman–Crippen LogP) is 3.87. The number of piperidine rings is 1. The van der Waals surface area contributed by atoms with Crippen molar-refractivity contribution in [3.05, 3.63) is 71.7 Å². The molecule has 2 aromatic carbocycles. The monoisotopic (exact) mass is 393 g/mol. The number of halogens is 1. The van der Waals surface area contributed by atoms with Crippen molar-refractivity contribution < 1.29 is 14.0 Å². The van der Waals surface area contributed by atoms with Gasteiger partial charge in [-0.25, -0.2) is 4.39 Å². The SMILES string of the molecule is O=C(CC1CCN(C(=O)c2cc3ccccc3[nH]2)CC1)NCc1cccc(F)c1. The van der Waals surface area contributed by atoms with Crippen molar-refractivity contribution >= 4 is 22.7 Å². The summed E-state index contributed by atoms with van der Waals surface area (Å²) in [5.41, 5.74) is 2.32. The molecule has 1 aliphatic rings. The highest BCUT2D eigenvalue weighted by Crippen LogP contribution is 2.23.